The number of nitrogens with zero attached hydrogens (tertiary/aromatic N) is 1. The molecule has 7 heteroatoms. The molecule has 1 aliphatic heterocycles. The first kappa shape index (κ1) is 21.2. The Hall–Kier alpha value is -2.54. The second kappa shape index (κ2) is 8.86. The largest absolute Gasteiger partial charge is 0.482 e. The van der Waals surface area contributed by atoms with Gasteiger partial charge in [-0.1, -0.05) is 0 Å². The summed E-state index contributed by atoms with van der Waals surface area (Å²) in [7, 11) is 0. The molecule has 0 unspecified atom stereocenters. The molecule has 1 aromatic heterocycles. The van der Waals surface area contributed by atoms with Gasteiger partial charge in [0.15, 0.2) is 6.61 Å². The minimum Gasteiger partial charge on any atom is -0.482 e. The predicted molar refractivity (Wildman–Crippen MR) is 110 cm³/mol. The zero-order valence-electron chi connectivity index (χ0n) is 17.4. The molecule has 2 heterocycles. The SMILES string of the molecule is CCOC(=O)COc1ccc2[nH]c(C(=O)N3CCC(CC(C)(C)O)CC3)cc2c1. The monoisotopic (exact) mass is 402 g/mol. The number of carbonyl (C=O) groups excluding carboxylic acids is 2. The highest BCUT2D eigenvalue weighted by Gasteiger charge is 2.28. The van der Waals surface area contributed by atoms with E-state index in [1.165, 1.54) is 0 Å². The number of nitrogens with one attached hydrogen (secondary N) is 1. The molecule has 2 aromatic rings. The standard InChI is InChI=1S/C22H30N2O5/c1-4-28-20(25)14-29-17-5-6-18-16(11-17)12-19(23-18)21(26)24-9-7-15(8-10-24)13-22(2,3)27/h5-6,11-12,15,23,27H,4,7-10,13-14H2,1-3H3. The molecular weight excluding hydrogens is 372 g/mol. The summed E-state index contributed by atoms with van der Waals surface area (Å²) in [5.74, 6) is 0.569. The minimum atomic E-state index is -0.666. The van der Waals surface area contributed by atoms with Gasteiger partial charge in [0, 0.05) is 24.0 Å². The lowest BCUT2D eigenvalue weighted by Gasteiger charge is -2.34. The molecule has 158 valence electrons. The summed E-state index contributed by atoms with van der Waals surface area (Å²) in [6, 6.07) is 7.21. The summed E-state index contributed by atoms with van der Waals surface area (Å²) >= 11 is 0. The van der Waals surface area contributed by atoms with Gasteiger partial charge in [0.2, 0.25) is 0 Å². The molecule has 0 bridgehead atoms. The van der Waals surface area contributed by atoms with E-state index in [-0.39, 0.29) is 12.5 Å². The molecule has 29 heavy (non-hydrogen) atoms. The lowest BCUT2D eigenvalue weighted by Crippen LogP contribution is -2.40. The fraction of sp³-hybridized carbons (Fsp3) is 0.545. The van der Waals surface area contributed by atoms with Crippen molar-refractivity contribution < 1.29 is 24.2 Å². The smallest absolute Gasteiger partial charge is 0.344 e. The van der Waals surface area contributed by atoms with E-state index in [1.54, 1.807) is 19.1 Å². The number of amides is 1. The summed E-state index contributed by atoms with van der Waals surface area (Å²) in [6.45, 7) is 6.98. The Labute approximate surface area is 171 Å². The van der Waals surface area contributed by atoms with E-state index in [0.717, 1.165) is 30.2 Å². The number of ether oxygens (including phenoxy) is 2. The number of carbonyl (C=O) groups is 2. The van der Waals surface area contributed by atoms with Crippen LogP contribution in [0.25, 0.3) is 10.9 Å². The number of hydrogen-bond acceptors (Lipinski definition) is 5. The van der Waals surface area contributed by atoms with E-state index in [0.29, 0.717) is 37.1 Å². The van der Waals surface area contributed by atoms with Gasteiger partial charge >= 0.3 is 5.97 Å². The summed E-state index contributed by atoms with van der Waals surface area (Å²) in [5.41, 5.74) is 0.721. The Balaban J connectivity index is 1.61. The lowest BCUT2D eigenvalue weighted by molar-refractivity contribution is -0.145. The Morgan fingerprint density at radius 3 is 2.62 bits per heavy atom. The van der Waals surface area contributed by atoms with Crippen molar-refractivity contribution in [3.63, 3.8) is 0 Å². The molecule has 0 spiro atoms. The van der Waals surface area contributed by atoms with Gasteiger partial charge in [-0.3, -0.25) is 4.79 Å². The number of aromatic nitrogens is 1. The third-order valence-corrected chi connectivity index (χ3v) is 5.17. The molecule has 2 N–H and O–H groups in total. The number of aromatic amines is 1. The highest BCUT2D eigenvalue weighted by Crippen LogP contribution is 2.28. The number of H-pyrrole nitrogens is 1. The average molecular weight is 402 g/mol. The van der Waals surface area contributed by atoms with Gasteiger partial charge in [0.25, 0.3) is 5.91 Å². The van der Waals surface area contributed by atoms with E-state index in [2.05, 4.69) is 4.98 Å². The van der Waals surface area contributed by atoms with E-state index in [9.17, 15) is 14.7 Å². The average Bonchev–Trinajstić information content (AvgIpc) is 3.09. The van der Waals surface area contributed by atoms with Gasteiger partial charge < -0.3 is 24.5 Å². The highest BCUT2D eigenvalue weighted by molar-refractivity contribution is 5.98. The van der Waals surface area contributed by atoms with Gasteiger partial charge in [0.05, 0.1) is 12.2 Å². The first-order valence-electron chi connectivity index (χ1n) is 10.2. The molecule has 0 aliphatic carbocycles. The van der Waals surface area contributed by atoms with E-state index in [1.807, 2.05) is 30.9 Å². The first-order valence-corrected chi connectivity index (χ1v) is 10.2. The number of rotatable bonds is 7. The second-order valence-corrected chi connectivity index (χ2v) is 8.28. The number of esters is 1. The van der Waals surface area contributed by atoms with E-state index < -0.39 is 11.6 Å². The molecule has 0 radical (unpaired) electrons. The number of hydrogen-bond donors (Lipinski definition) is 2. The van der Waals surface area contributed by atoms with Crippen molar-refractivity contribution in [3.05, 3.63) is 30.0 Å². The van der Waals surface area contributed by atoms with E-state index >= 15 is 0 Å². The molecule has 1 amide bonds. The van der Waals surface area contributed by atoms with Crippen LogP contribution in [-0.4, -0.2) is 58.8 Å². The molecular formula is C22H30N2O5. The maximum Gasteiger partial charge on any atom is 0.344 e. The van der Waals surface area contributed by atoms with Crippen LogP contribution in [0.4, 0.5) is 0 Å². The van der Waals surface area contributed by atoms with Crippen molar-refractivity contribution in [1.29, 1.82) is 0 Å². The van der Waals surface area contributed by atoms with Crippen molar-refractivity contribution in [2.75, 3.05) is 26.3 Å². The van der Waals surface area contributed by atoms with Crippen molar-refractivity contribution in [2.45, 2.75) is 45.6 Å². The topological polar surface area (TPSA) is 91.9 Å². The van der Waals surface area contributed by atoms with Crippen molar-refractivity contribution in [1.82, 2.24) is 9.88 Å². The second-order valence-electron chi connectivity index (χ2n) is 8.28. The van der Waals surface area contributed by atoms with Crippen LogP contribution in [-0.2, 0) is 9.53 Å². The van der Waals surface area contributed by atoms with Gasteiger partial charge in [0.1, 0.15) is 11.4 Å². The Kier molecular flexibility index (Phi) is 6.47. The summed E-state index contributed by atoms with van der Waals surface area (Å²) in [5, 5.41) is 10.9. The van der Waals surface area contributed by atoms with Crippen LogP contribution in [0.2, 0.25) is 0 Å². The van der Waals surface area contributed by atoms with Crippen LogP contribution in [0.1, 0.15) is 50.5 Å². The summed E-state index contributed by atoms with van der Waals surface area (Å²) < 4.78 is 10.3. The number of aliphatic hydroxyl groups is 1. The fourth-order valence-electron chi connectivity index (χ4n) is 3.88. The van der Waals surface area contributed by atoms with Crippen LogP contribution in [0, 0.1) is 5.92 Å². The number of piperidine rings is 1. The first-order chi connectivity index (χ1) is 13.7. The minimum absolute atomic E-state index is 0.0168. The van der Waals surface area contributed by atoms with Crippen molar-refractivity contribution in [2.24, 2.45) is 5.92 Å². The zero-order valence-corrected chi connectivity index (χ0v) is 17.4. The van der Waals surface area contributed by atoms with Gasteiger partial charge in [-0.15, -0.1) is 0 Å². The quantitative estimate of drug-likeness (QED) is 0.694. The molecule has 1 aromatic carbocycles. The fourth-order valence-corrected chi connectivity index (χ4v) is 3.88. The maximum atomic E-state index is 12.9. The molecule has 1 saturated heterocycles. The van der Waals surface area contributed by atoms with Gasteiger partial charge in [-0.25, -0.2) is 4.79 Å². The van der Waals surface area contributed by atoms with Crippen molar-refractivity contribution in [3.8, 4) is 5.75 Å². The van der Waals surface area contributed by atoms with Crippen molar-refractivity contribution >= 4 is 22.8 Å². The zero-order chi connectivity index (χ0) is 21.0. The third-order valence-electron chi connectivity index (χ3n) is 5.17. The van der Waals surface area contributed by atoms with Crippen LogP contribution < -0.4 is 4.74 Å². The van der Waals surface area contributed by atoms with E-state index in [4.69, 9.17) is 9.47 Å². The molecule has 3 rings (SSSR count). The Morgan fingerprint density at radius 1 is 1.24 bits per heavy atom. The number of fused-ring (bicyclic) bond motifs is 1. The van der Waals surface area contributed by atoms with Crippen LogP contribution in [0.5, 0.6) is 5.75 Å². The number of benzene rings is 1. The molecule has 7 nitrogen and oxygen atoms in total. The molecule has 1 fully saturated rings. The molecule has 0 atom stereocenters. The van der Waals surface area contributed by atoms with Crippen LogP contribution >= 0.6 is 0 Å². The Bertz CT molecular complexity index is 860. The maximum absolute atomic E-state index is 12.9. The Morgan fingerprint density at radius 2 is 1.97 bits per heavy atom. The number of likely N-dealkylation sites (tertiary alicyclic amines) is 1. The normalized spacial score (nSPS) is 15.5. The van der Waals surface area contributed by atoms with Gasteiger partial charge in [-0.2, -0.15) is 0 Å². The van der Waals surface area contributed by atoms with Crippen LogP contribution in [0.15, 0.2) is 24.3 Å². The summed E-state index contributed by atoms with van der Waals surface area (Å²) in [4.78, 5) is 29.4. The van der Waals surface area contributed by atoms with Gasteiger partial charge in [-0.05, 0) is 70.2 Å². The third kappa shape index (κ3) is 5.73. The highest BCUT2D eigenvalue weighted by atomic mass is 16.6. The lowest BCUT2D eigenvalue weighted by atomic mass is 9.86. The molecule has 1 aliphatic rings. The molecule has 0 saturated carbocycles. The summed E-state index contributed by atoms with van der Waals surface area (Å²) in [6.07, 6.45) is 2.57. The predicted octanol–water partition coefficient (Wildman–Crippen LogP) is 3.12. The van der Waals surface area contributed by atoms with Crippen LogP contribution in [0.3, 0.4) is 0 Å².